The molecule has 3 atom stereocenters. The van der Waals surface area contributed by atoms with Gasteiger partial charge < -0.3 is 14.7 Å². The quantitative estimate of drug-likeness (QED) is 0.820. The Morgan fingerprint density at radius 3 is 2.79 bits per heavy atom. The minimum Gasteiger partial charge on any atom is -0.367 e. The lowest BCUT2D eigenvalue weighted by molar-refractivity contribution is -0.173. The molecular weight excluding hydrogens is 387 g/mol. The lowest BCUT2D eigenvalue weighted by atomic mass is 10.0. The molecule has 2 aromatic rings. The molecule has 29 heavy (non-hydrogen) atoms. The third-order valence-corrected chi connectivity index (χ3v) is 5.77. The van der Waals surface area contributed by atoms with Crippen molar-refractivity contribution < 1.29 is 22.5 Å². The zero-order valence-corrected chi connectivity index (χ0v) is 16.4. The topological polar surface area (TPSA) is 76.2 Å². The van der Waals surface area contributed by atoms with Gasteiger partial charge in [-0.1, -0.05) is 19.0 Å². The van der Waals surface area contributed by atoms with E-state index in [2.05, 4.69) is 15.6 Å². The molecule has 1 amide bonds. The number of rotatable bonds is 4. The number of carbonyl (C=O) groups excluding carboxylic acids is 1. The lowest BCUT2D eigenvalue weighted by Crippen LogP contribution is -2.39. The minimum absolute atomic E-state index is 0.0563. The van der Waals surface area contributed by atoms with Crippen molar-refractivity contribution in [3.8, 4) is 0 Å². The molecule has 1 saturated heterocycles. The first-order valence-corrected chi connectivity index (χ1v) is 10.0. The van der Waals surface area contributed by atoms with Crippen LogP contribution in [-0.2, 0) is 6.42 Å². The first-order valence-electron chi connectivity index (χ1n) is 10.0. The summed E-state index contributed by atoms with van der Waals surface area (Å²) in [6.07, 6.45) is -1.80. The van der Waals surface area contributed by atoms with Gasteiger partial charge in [0.2, 0.25) is 5.76 Å². The SMILES string of the molecule is CCc1cc(C(=O)N2CCCC2c2cc3n(n2)[C@@H](C(F)(F)F)C[C@@H](CC)N3)on1. The van der Waals surface area contributed by atoms with Crippen LogP contribution in [0, 0.1) is 0 Å². The van der Waals surface area contributed by atoms with Crippen molar-refractivity contribution in [3.63, 3.8) is 0 Å². The number of nitrogens with one attached hydrogen (secondary N) is 1. The number of alkyl halides is 3. The fourth-order valence-corrected chi connectivity index (χ4v) is 4.14. The summed E-state index contributed by atoms with van der Waals surface area (Å²) in [5, 5.41) is 11.3. The predicted molar refractivity (Wildman–Crippen MR) is 98.5 cm³/mol. The van der Waals surface area contributed by atoms with Gasteiger partial charge in [0.25, 0.3) is 5.91 Å². The van der Waals surface area contributed by atoms with E-state index in [0.29, 0.717) is 43.0 Å². The molecule has 0 saturated carbocycles. The molecule has 0 bridgehead atoms. The number of halogens is 3. The Morgan fingerprint density at radius 2 is 2.14 bits per heavy atom. The fraction of sp³-hybridized carbons (Fsp3) is 0.632. The maximum absolute atomic E-state index is 13.6. The van der Waals surface area contributed by atoms with Gasteiger partial charge in [-0.3, -0.25) is 4.79 Å². The van der Waals surface area contributed by atoms with Gasteiger partial charge in [0.05, 0.1) is 17.4 Å². The summed E-state index contributed by atoms with van der Waals surface area (Å²) in [5.74, 6) is 0.195. The minimum atomic E-state index is -4.38. The number of carbonyl (C=O) groups is 1. The third kappa shape index (κ3) is 3.60. The number of amides is 1. The van der Waals surface area contributed by atoms with Gasteiger partial charge in [-0.15, -0.1) is 0 Å². The highest BCUT2D eigenvalue weighted by Crippen LogP contribution is 2.42. The maximum Gasteiger partial charge on any atom is 0.410 e. The van der Waals surface area contributed by atoms with Crippen LogP contribution < -0.4 is 5.32 Å². The first kappa shape index (κ1) is 19.8. The molecular formula is C19H24F3N5O2. The highest BCUT2D eigenvalue weighted by Gasteiger charge is 2.46. The van der Waals surface area contributed by atoms with Gasteiger partial charge in [-0.25, -0.2) is 4.68 Å². The Hall–Kier alpha value is -2.52. The number of nitrogens with zero attached hydrogens (tertiary/aromatic N) is 4. The maximum atomic E-state index is 13.6. The molecule has 1 unspecified atom stereocenters. The second-order valence-electron chi connectivity index (χ2n) is 7.63. The highest BCUT2D eigenvalue weighted by molar-refractivity contribution is 5.92. The molecule has 4 heterocycles. The summed E-state index contributed by atoms with van der Waals surface area (Å²) in [4.78, 5) is 14.5. The van der Waals surface area contributed by atoms with E-state index in [9.17, 15) is 18.0 Å². The zero-order valence-electron chi connectivity index (χ0n) is 16.4. The van der Waals surface area contributed by atoms with Crippen molar-refractivity contribution in [2.45, 2.75) is 70.3 Å². The van der Waals surface area contributed by atoms with Crippen LogP contribution >= 0.6 is 0 Å². The Bertz CT molecular complexity index is 891. The van der Waals surface area contributed by atoms with E-state index in [1.807, 2.05) is 13.8 Å². The van der Waals surface area contributed by atoms with Crippen molar-refractivity contribution in [2.24, 2.45) is 0 Å². The molecule has 158 valence electrons. The number of anilines is 1. The molecule has 2 aliphatic heterocycles. The fourth-order valence-electron chi connectivity index (χ4n) is 4.14. The molecule has 1 N–H and O–H groups in total. The number of hydrogen-bond acceptors (Lipinski definition) is 5. The molecule has 2 aliphatic rings. The van der Waals surface area contributed by atoms with Gasteiger partial charge in [-0.05, 0) is 32.1 Å². The van der Waals surface area contributed by atoms with Crippen LogP contribution in [0.1, 0.15) is 73.6 Å². The lowest BCUT2D eigenvalue weighted by Gasteiger charge is -2.32. The summed E-state index contributed by atoms with van der Waals surface area (Å²) in [6.45, 7) is 4.27. The van der Waals surface area contributed by atoms with Crippen molar-refractivity contribution >= 4 is 11.7 Å². The molecule has 2 aromatic heterocycles. The molecule has 7 nitrogen and oxygen atoms in total. The average molecular weight is 411 g/mol. The van der Waals surface area contributed by atoms with Gasteiger partial charge in [0, 0.05) is 24.7 Å². The van der Waals surface area contributed by atoms with Crippen LogP contribution in [0.15, 0.2) is 16.7 Å². The summed E-state index contributed by atoms with van der Waals surface area (Å²) in [5.41, 5.74) is 1.16. The van der Waals surface area contributed by atoms with E-state index < -0.39 is 12.2 Å². The van der Waals surface area contributed by atoms with Gasteiger partial charge in [-0.2, -0.15) is 18.3 Å². The van der Waals surface area contributed by atoms with Gasteiger partial charge in [0.15, 0.2) is 6.04 Å². The average Bonchev–Trinajstić information content (AvgIpc) is 3.43. The van der Waals surface area contributed by atoms with Crippen molar-refractivity contribution in [1.82, 2.24) is 19.8 Å². The summed E-state index contributed by atoms with van der Waals surface area (Å²) in [6, 6.07) is 0.954. The monoisotopic (exact) mass is 411 g/mol. The van der Waals surface area contributed by atoms with Crippen molar-refractivity contribution in [2.75, 3.05) is 11.9 Å². The Balaban J connectivity index is 1.63. The second kappa shape index (κ2) is 7.38. The molecule has 1 fully saturated rings. The normalized spacial score (nSPS) is 24.4. The number of aromatic nitrogens is 3. The molecule has 0 spiro atoms. The summed E-state index contributed by atoms with van der Waals surface area (Å²) >= 11 is 0. The standard InChI is InChI=1S/C19H24F3N5O2/c1-3-11-9-16(19(20,21)22)27-17(23-11)10-13(24-27)14-6-5-7-26(14)18(28)15-8-12(4-2)25-29-15/h8,10-11,14,16,23H,3-7,9H2,1-2H3/t11-,14?,16-/m1/s1. The van der Waals surface area contributed by atoms with Gasteiger partial charge in [0.1, 0.15) is 5.82 Å². The Morgan fingerprint density at radius 1 is 1.34 bits per heavy atom. The van der Waals surface area contributed by atoms with E-state index in [-0.39, 0.29) is 30.2 Å². The smallest absolute Gasteiger partial charge is 0.367 e. The summed E-state index contributed by atoms with van der Waals surface area (Å²) < 4.78 is 47.0. The third-order valence-electron chi connectivity index (χ3n) is 5.77. The van der Waals surface area contributed by atoms with Crippen LogP contribution in [-0.4, -0.2) is 44.5 Å². The summed E-state index contributed by atoms with van der Waals surface area (Å²) in [7, 11) is 0. The molecule has 0 aromatic carbocycles. The van der Waals surface area contributed by atoms with E-state index in [0.717, 1.165) is 11.1 Å². The largest absolute Gasteiger partial charge is 0.410 e. The predicted octanol–water partition coefficient (Wildman–Crippen LogP) is 4.11. The molecule has 10 heteroatoms. The molecule has 4 rings (SSSR count). The Labute approximate surface area is 166 Å². The van der Waals surface area contributed by atoms with Gasteiger partial charge >= 0.3 is 6.18 Å². The van der Waals surface area contributed by atoms with E-state index >= 15 is 0 Å². The number of hydrogen-bond donors (Lipinski definition) is 1. The van der Waals surface area contributed by atoms with E-state index in [1.54, 1.807) is 17.0 Å². The van der Waals surface area contributed by atoms with Crippen LogP contribution in [0.5, 0.6) is 0 Å². The van der Waals surface area contributed by atoms with Crippen LogP contribution in [0.25, 0.3) is 0 Å². The number of fused-ring (bicyclic) bond motifs is 1. The zero-order chi connectivity index (χ0) is 20.8. The highest BCUT2D eigenvalue weighted by atomic mass is 19.4. The molecule has 0 radical (unpaired) electrons. The van der Waals surface area contributed by atoms with Crippen LogP contribution in [0.3, 0.4) is 0 Å². The van der Waals surface area contributed by atoms with E-state index in [1.165, 1.54) is 0 Å². The second-order valence-corrected chi connectivity index (χ2v) is 7.63. The Kier molecular flexibility index (Phi) is 5.04. The van der Waals surface area contributed by atoms with Crippen molar-refractivity contribution in [3.05, 3.63) is 29.3 Å². The van der Waals surface area contributed by atoms with E-state index in [4.69, 9.17) is 4.52 Å². The number of aryl methyl sites for hydroxylation is 1. The number of likely N-dealkylation sites (tertiary alicyclic amines) is 1. The van der Waals surface area contributed by atoms with Crippen molar-refractivity contribution in [1.29, 1.82) is 0 Å². The van der Waals surface area contributed by atoms with Crippen LogP contribution in [0.2, 0.25) is 0 Å². The molecule has 0 aliphatic carbocycles. The van der Waals surface area contributed by atoms with Crippen LogP contribution in [0.4, 0.5) is 19.0 Å². The first-order chi connectivity index (χ1) is 13.8.